The minimum atomic E-state index is -1.36. The Hall–Kier alpha value is -2.19. The molecule has 0 unspecified atom stereocenters. The maximum atomic E-state index is 12.2. The van der Waals surface area contributed by atoms with E-state index >= 15 is 0 Å². The van der Waals surface area contributed by atoms with Crippen molar-refractivity contribution in [3.8, 4) is 6.07 Å². The number of esters is 1. The molecule has 1 atom stereocenters. The predicted molar refractivity (Wildman–Crippen MR) is 86.2 cm³/mol. The van der Waals surface area contributed by atoms with Gasteiger partial charge in [-0.25, -0.2) is 4.79 Å². The number of carbonyl (C=O) groups is 2. The Morgan fingerprint density at radius 1 is 1.48 bits per heavy atom. The number of ether oxygens (including phenoxy) is 1. The van der Waals surface area contributed by atoms with Crippen LogP contribution in [-0.4, -0.2) is 29.6 Å². The number of ketones is 1. The topological polar surface area (TPSA) is 87.4 Å². The third-order valence-electron chi connectivity index (χ3n) is 4.39. The highest BCUT2D eigenvalue weighted by Crippen LogP contribution is 2.47. The lowest BCUT2D eigenvalue weighted by atomic mass is 9.62. The van der Waals surface area contributed by atoms with Crippen molar-refractivity contribution in [3.05, 3.63) is 34.9 Å². The number of Topliss-reactive ketones (excluding diaryl/α,β-unsaturated/α-hetero) is 1. The zero-order valence-corrected chi connectivity index (χ0v) is 14.3. The highest BCUT2D eigenvalue weighted by Gasteiger charge is 2.49. The van der Waals surface area contributed by atoms with Gasteiger partial charge in [0.05, 0.1) is 19.6 Å². The molecule has 1 aliphatic carbocycles. The highest BCUT2D eigenvalue weighted by molar-refractivity contribution is 5.98. The van der Waals surface area contributed by atoms with Crippen LogP contribution in [0.3, 0.4) is 0 Å². The highest BCUT2D eigenvalue weighted by atomic mass is 16.5. The minimum absolute atomic E-state index is 0.0200. The van der Waals surface area contributed by atoms with Gasteiger partial charge in [-0.3, -0.25) is 4.79 Å². The van der Waals surface area contributed by atoms with Crippen molar-refractivity contribution >= 4 is 11.8 Å². The number of nitriles is 1. The molecule has 0 fully saturated rings. The van der Waals surface area contributed by atoms with Gasteiger partial charge >= 0.3 is 5.97 Å². The van der Waals surface area contributed by atoms with Crippen LogP contribution in [0.2, 0.25) is 0 Å². The molecule has 23 heavy (non-hydrogen) atoms. The summed E-state index contributed by atoms with van der Waals surface area (Å²) in [5, 5.41) is 20.1. The second kappa shape index (κ2) is 6.93. The number of carbonyl (C=O) groups excluding carboxylic acids is 2. The van der Waals surface area contributed by atoms with Crippen molar-refractivity contribution in [2.75, 3.05) is 7.11 Å². The molecule has 0 heterocycles. The average Bonchev–Trinajstić information content (AvgIpc) is 2.47. The van der Waals surface area contributed by atoms with Gasteiger partial charge < -0.3 is 9.84 Å². The van der Waals surface area contributed by atoms with Gasteiger partial charge in [-0.15, -0.1) is 0 Å². The van der Waals surface area contributed by atoms with Gasteiger partial charge in [0.1, 0.15) is 5.60 Å². The molecule has 0 spiro atoms. The molecule has 0 aliphatic heterocycles. The molecule has 124 valence electrons. The SMILES string of the molecule is COC(=O)/C=C(C)\C=C\[C@@]1(O)C(C)=C(CC#N)C(=O)CC1(C)C. The van der Waals surface area contributed by atoms with Gasteiger partial charge in [0, 0.05) is 23.5 Å². The van der Waals surface area contributed by atoms with E-state index in [9.17, 15) is 14.7 Å². The number of hydrogen-bond donors (Lipinski definition) is 1. The van der Waals surface area contributed by atoms with Gasteiger partial charge in [0.15, 0.2) is 5.78 Å². The maximum absolute atomic E-state index is 12.2. The van der Waals surface area contributed by atoms with E-state index in [1.54, 1.807) is 39.8 Å². The quantitative estimate of drug-likeness (QED) is 0.489. The van der Waals surface area contributed by atoms with Gasteiger partial charge in [-0.1, -0.05) is 19.9 Å². The fraction of sp³-hybridized carbons (Fsp3) is 0.500. The first-order chi connectivity index (χ1) is 10.6. The monoisotopic (exact) mass is 317 g/mol. The van der Waals surface area contributed by atoms with E-state index in [2.05, 4.69) is 4.74 Å². The Morgan fingerprint density at radius 2 is 2.09 bits per heavy atom. The lowest BCUT2D eigenvalue weighted by Gasteiger charge is -2.45. The molecule has 0 bridgehead atoms. The Labute approximate surface area is 136 Å². The van der Waals surface area contributed by atoms with Crippen LogP contribution in [0.5, 0.6) is 0 Å². The van der Waals surface area contributed by atoms with E-state index in [1.807, 2.05) is 6.07 Å². The molecule has 0 saturated carbocycles. The standard InChI is InChI=1S/C18H23NO4/c1-12(10-16(21)23-5)6-8-18(22)13(2)14(7-9-19)15(20)11-17(18,3)4/h6,8,10,22H,7,11H2,1-5H3/b8-6+,12-10-/t18-/m1/s1. The molecule has 0 aromatic heterocycles. The zero-order valence-electron chi connectivity index (χ0n) is 14.3. The molecule has 5 heteroatoms. The first-order valence-corrected chi connectivity index (χ1v) is 7.37. The Bertz CT molecular complexity index is 646. The van der Waals surface area contributed by atoms with Crippen LogP contribution in [0.4, 0.5) is 0 Å². The summed E-state index contributed by atoms with van der Waals surface area (Å²) >= 11 is 0. The van der Waals surface area contributed by atoms with E-state index < -0.39 is 17.0 Å². The number of hydrogen-bond acceptors (Lipinski definition) is 5. The summed E-state index contributed by atoms with van der Waals surface area (Å²) in [5.74, 6) is -0.580. The number of allylic oxidation sites excluding steroid dienone is 3. The molecule has 0 radical (unpaired) electrons. The molecule has 0 aromatic carbocycles. The lowest BCUT2D eigenvalue weighted by molar-refractivity contribution is -0.134. The number of methoxy groups -OCH3 is 1. The van der Waals surface area contributed by atoms with Gasteiger partial charge in [-0.2, -0.15) is 5.26 Å². The van der Waals surface area contributed by atoms with Crippen LogP contribution >= 0.6 is 0 Å². The van der Waals surface area contributed by atoms with E-state index in [0.717, 1.165) is 0 Å². The van der Waals surface area contributed by atoms with Crippen LogP contribution in [0.1, 0.15) is 40.5 Å². The Morgan fingerprint density at radius 3 is 2.61 bits per heavy atom. The Balaban J connectivity index is 3.33. The van der Waals surface area contributed by atoms with Gasteiger partial charge in [0.25, 0.3) is 0 Å². The fourth-order valence-electron chi connectivity index (χ4n) is 2.80. The second-order valence-electron chi connectivity index (χ2n) is 6.43. The lowest BCUT2D eigenvalue weighted by Crippen LogP contribution is -2.49. The molecule has 0 aromatic rings. The molecule has 1 aliphatic rings. The summed E-state index contributed by atoms with van der Waals surface area (Å²) in [6.45, 7) is 7.00. The molecular formula is C18H23NO4. The van der Waals surface area contributed by atoms with Gasteiger partial charge in [-0.05, 0) is 31.1 Å². The molecule has 0 saturated heterocycles. The van der Waals surface area contributed by atoms with Gasteiger partial charge in [0.2, 0.25) is 0 Å². The van der Waals surface area contributed by atoms with Crippen molar-refractivity contribution in [1.82, 2.24) is 0 Å². The zero-order chi connectivity index (χ0) is 17.8. The summed E-state index contributed by atoms with van der Waals surface area (Å²) in [6, 6.07) is 1.98. The van der Waals surface area contributed by atoms with Crippen LogP contribution < -0.4 is 0 Å². The molecular weight excluding hydrogens is 294 g/mol. The Kier molecular flexibility index (Phi) is 5.68. The van der Waals surface area contributed by atoms with Crippen LogP contribution in [0, 0.1) is 16.7 Å². The first kappa shape index (κ1) is 18.9. The van der Waals surface area contributed by atoms with Crippen molar-refractivity contribution in [2.24, 2.45) is 5.41 Å². The van der Waals surface area contributed by atoms with Crippen molar-refractivity contribution in [3.63, 3.8) is 0 Å². The fourth-order valence-corrected chi connectivity index (χ4v) is 2.80. The third-order valence-corrected chi connectivity index (χ3v) is 4.39. The van der Waals surface area contributed by atoms with Crippen molar-refractivity contribution in [1.29, 1.82) is 5.26 Å². The predicted octanol–water partition coefficient (Wildman–Crippen LogP) is 2.62. The molecule has 1 N–H and O–H groups in total. The molecule has 0 amide bonds. The van der Waals surface area contributed by atoms with E-state index in [0.29, 0.717) is 16.7 Å². The second-order valence-corrected chi connectivity index (χ2v) is 6.43. The number of nitrogens with zero attached hydrogens (tertiary/aromatic N) is 1. The molecule has 5 nitrogen and oxygen atoms in total. The van der Waals surface area contributed by atoms with Crippen LogP contribution in [0.15, 0.2) is 34.9 Å². The van der Waals surface area contributed by atoms with E-state index in [-0.39, 0.29) is 18.6 Å². The minimum Gasteiger partial charge on any atom is -0.466 e. The van der Waals surface area contributed by atoms with Crippen molar-refractivity contribution < 1.29 is 19.4 Å². The average molecular weight is 317 g/mol. The third kappa shape index (κ3) is 3.77. The number of rotatable bonds is 4. The van der Waals surface area contributed by atoms with Crippen LogP contribution in [-0.2, 0) is 14.3 Å². The smallest absolute Gasteiger partial charge is 0.330 e. The number of aliphatic hydroxyl groups is 1. The summed E-state index contributed by atoms with van der Waals surface area (Å²) in [4.78, 5) is 23.4. The first-order valence-electron chi connectivity index (χ1n) is 7.37. The largest absolute Gasteiger partial charge is 0.466 e. The van der Waals surface area contributed by atoms with Crippen molar-refractivity contribution in [2.45, 2.75) is 46.1 Å². The maximum Gasteiger partial charge on any atom is 0.330 e. The summed E-state index contributed by atoms with van der Waals surface area (Å²) in [7, 11) is 1.29. The summed E-state index contributed by atoms with van der Waals surface area (Å²) < 4.78 is 4.56. The summed E-state index contributed by atoms with van der Waals surface area (Å²) in [5.41, 5.74) is -0.600. The summed E-state index contributed by atoms with van der Waals surface area (Å²) in [6.07, 6.45) is 4.66. The van der Waals surface area contributed by atoms with Crippen LogP contribution in [0.25, 0.3) is 0 Å². The van der Waals surface area contributed by atoms with E-state index in [1.165, 1.54) is 13.2 Å². The molecule has 1 rings (SSSR count). The normalized spacial score (nSPS) is 24.7. The van der Waals surface area contributed by atoms with E-state index in [4.69, 9.17) is 5.26 Å².